The number of para-hydroxylation sites is 1. The summed E-state index contributed by atoms with van der Waals surface area (Å²) in [6.07, 6.45) is 1.78. The van der Waals surface area contributed by atoms with Crippen LogP contribution in [0.25, 0.3) is 11.0 Å². The molecule has 1 atom stereocenters. The van der Waals surface area contributed by atoms with Crippen molar-refractivity contribution in [2.45, 2.75) is 13.0 Å². The fraction of sp³-hybridized carbons (Fsp3) is 0.429. The smallest absolute Gasteiger partial charge is 0.138 e. The first-order chi connectivity index (χ1) is 8.36. The van der Waals surface area contributed by atoms with Crippen LogP contribution in [0.1, 0.15) is 18.5 Å². The lowest BCUT2D eigenvalue weighted by molar-refractivity contribution is 0.185. The van der Waals surface area contributed by atoms with Crippen molar-refractivity contribution in [2.75, 3.05) is 26.2 Å². The van der Waals surface area contributed by atoms with E-state index >= 15 is 0 Å². The normalized spacial score (nSPS) is 19.6. The highest BCUT2D eigenvalue weighted by Gasteiger charge is 2.20. The number of hydrogen-bond donors (Lipinski definition) is 1. The minimum absolute atomic E-state index is 0.423. The maximum atomic E-state index is 5.62. The van der Waals surface area contributed by atoms with Gasteiger partial charge in [-0.2, -0.15) is 0 Å². The molecule has 3 nitrogen and oxygen atoms in total. The largest absolute Gasteiger partial charge is 0.464 e. The van der Waals surface area contributed by atoms with Gasteiger partial charge in [0.25, 0.3) is 0 Å². The van der Waals surface area contributed by atoms with Crippen LogP contribution in [0.5, 0.6) is 0 Å². The van der Waals surface area contributed by atoms with Crippen molar-refractivity contribution in [3.05, 3.63) is 36.1 Å². The van der Waals surface area contributed by atoms with E-state index in [-0.39, 0.29) is 0 Å². The lowest BCUT2D eigenvalue weighted by atomic mass is 10.0. The third-order valence-corrected chi connectivity index (χ3v) is 3.66. The Morgan fingerprint density at radius 2 is 2.06 bits per heavy atom. The van der Waals surface area contributed by atoms with Gasteiger partial charge in [0.05, 0.1) is 6.26 Å². The number of rotatable bonds is 2. The molecule has 1 fully saturated rings. The molecule has 0 bridgehead atoms. The van der Waals surface area contributed by atoms with Gasteiger partial charge in [0, 0.05) is 43.2 Å². The Labute approximate surface area is 101 Å². The molecule has 2 heterocycles. The Hall–Kier alpha value is -1.32. The number of furan rings is 1. The molecule has 3 heteroatoms. The van der Waals surface area contributed by atoms with Crippen LogP contribution in [0.15, 0.2) is 34.9 Å². The molecule has 1 aliphatic heterocycles. The van der Waals surface area contributed by atoms with Gasteiger partial charge < -0.3 is 9.73 Å². The van der Waals surface area contributed by atoms with Crippen molar-refractivity contribution in [3.63, 3.8) is 0 Å². The monoisotopic (exact) mass is 230 g/mol. The summed E-state index contributed by atoms with van der Waals surface area (Å²) in [5.74, 6) is 0. The molecule has 1 unspecified atom stereocenters. The molecular formula is C14H18N2O. The number of benzene rings is 1. The molecule has 0 saturated carbocycles. The first-order valence-corrected chi connectivity index (χ1v) is 6.27. The molecule has 1 saturated heterocycles. The molecule has 1 aliphatic rings. The van der Waals surface area contributed by atoms with Crippen molar-refractivity contribution in [1.82, 2.24) is 10.2 Å². The fourth-order valence-electron chi connectivity index (χ4n) is 2.61. The highest BCUT2D eigenvalue weighted by molar-refractivity contribution is 5.80. The lowest BCUT2D eigenvalue weighted by Crippen LogP contribution is -2.44. The van der Waals surface area contributed by atoms with E-state index in [2.05, 4.69) is 35.3 Å². The first-order valence-electron chi connectivity index (χ1n) is 6.27. The Bertz CT molecular complexity index is 500. The van der Waals surface area contributed by atoms with Crippen LogP contribution in [0.3, 0.4) is 0 Å². The molecule has 1 aromatic heterocycles. The number of piperazine rings is 1. The SMILES string of the molecule is CC(c1cccc2ccoc12)N1CCNCC1. The summed E-state index contributed by atoms with van der Waals surface area (Å²) < 4.78 is 5.62. The average molecular weight is 230 g/mol. The lowest BCUT2D eigenvalue weighted by Gasteiger charge is -2.33. The van der Waals surface area contributed by atoms with E-state index in [9.17, 15) is 0 Å². The summed E-state index contributed by atoms with van der Waals surface area (Å²) in [5.41, 5.74) is 2.34. The van der Waals surface area contributed by atoms with Crippen molar-refractivity contribution >= 4 is 11.0 Å². The van der Waals surface area contributed by atoms with E-state index in [4.69, 9.17) is 4.42 Å². The second-order valence-electron chi connectivity index (χ2n) is 4.65. The quantitative estimate of drug-likeness (QED) is 0.858. The van der Waals surface area contributed by atoms with Gasteiger partial charge in [0.1, 0.15) is 5.58 Å². The van der Waals surface area contributed by atoms with Gasteiger partial charge in [-0.3, -0.25) is 4.90 Å². The van der Waals surface area contributed by atoms with Crippen LogP contribution in [-0.4, -0.2) is 31.1 Å². The van der Waals surface area contributed by atoms with Crippen LogP contribution >= 0.6 is 0 Å². The predicted molar refractivity (Wildman–Crippen MR) is 69.1 cm³/mol. The third-order valence-electron chi connectivity index (χ3n) is 3.66. The number of hydrogen-bond acceptors (Lipinski definition) is 3. The zero-order chi connectivity index (χ0) is 11.7. The Morgan fingerprint density at radius 1 is 1.24 bits per heavy atom. The van der Waals surface area contributed by atoms with E-state index in [1.165, 1.54) is 10.9 Å². The molecule has 3 rings (SSSR count). The molecule has 2 aromatic rings. The van der Waals surface area contributed by atoms with Crippen LogP contribution in [-0.2, 0) is 0 Å². The number of nitrogens with one attached hydrogen (secondary N) is 1. The Balaban J connectivity index is 1.94. The standard InChI is InChI=1S/C14H18N2O/c1-11(16-8-6-15-7-9-16)13-4-2-3-12-5-10-17-14(12)13/h2-5,10-11,15H,6-9H2,1H3. The summed E-state index contributed by atoms with van der Waals surface area (Å²) in [5, 5.41) is 4.59. The molecule has 90 valence electrons. The van der Waals surface area contributed by atoms with Crippen molar-refractivity contribution in [2.24, 2.45) is 0 Å². The maximum absolute atomic E-state index is 5.62. The molecule has 0 aliphatic carbocycles. The van der Waals surface area contributed by atoms with E-state index in [1.54, 1.807) is 6.26 Å². The van der Waals surface area contributed by atoms with Gasteiger partial charge >= 0.3 is 0 Å². The van der Waals surface area contributed by atoms with E-state index in [0.717, 1.165) is 31.8 Å². The molecule has 17 heavy (non-hydrogen) atoms. The van der Waals surface area contributed by atoms with Gasteiger partial charge in [0.15, 0.2) is 0 Å². The number of fused-ring (bicyclic) bond motifs is 1. The van der Waals surface area contributed by atoms with Gasteiger partial charge in [-0.15, -0.1) is 0 Å². The third kappa shape index (κ3) is 1.96. The van der Waals surface area contributed by atoms with E-state index in [0.29, 0.717) is 6.04 Å². The summed E-state index contributed by atoms with van der Waals surface area (Å²) in [6, 6.07) is 8.85. The highest BCUT2D eigenvalue weighted by atomic mass is 16.3. The topological polar surface area (TPSA) is 28.4 Å². The second-order valence-corrected chi connectivity index (χ2v) is 4.65. The predicted octanol–water partition coefficient (Wildman–Crippen LogP) is 2.40. The van der Waals surface area contributed by atoms with Crippen LogP contribution in [0.2, 0.25) is 0 Å². The number of nitrogens with zero attached hydrogens (tertiary/aromatic N) is 1. The van der Waals surface area contributed by atoms with Crippen LogP contribution in [0.4, 0.5) is 0 Å². The molecule has 1 N–H and O–H groups in total. The Kier molecular flexibility index (Phi) is 2.87. The molecule has 1 aromatic carbocycles. The summed E-state index contributed by atoms with van der Waals surface area (Å²) in [6.45, 7) is 6.65. The van der Waals surface area contributed by atoms with E-state index in [1.807, 2.05) is 6.07 Å². The first kappa shape index (κ1) is 10.8. The summed E-state index contributed by atoms with van der Waals surface area (Å²) in [7, 11) is 0. The molecule has 0 spiro atoms. The van der Waals surface area contributed by atoms with Gasteiger partial charge in [0.2, 0.25) is 0 Å². The minimum atomic E-state index is 0.423. The van der Waals surface area contributed by atoms with E-state index < -0.39 is 0 Å². The average Bonchev–Trinajstić information content (AvgIpc) is 2.87. The summed E-state index contributed by atoms with van der Waals surface area (Å²) >= 11 is 0. The molecule has 0 amide bonds. The molecule has 0 radical (unpaired) electrons. The second kappa shape index (κ2) is 4.51. The zero-order valence-electron chi connectivity index (χ0n) is 10.1. The van der Waals surface area contributed by atoms with Crippen molar-refractivity contribution < 1.29 is 4.42 Å². The van der Waals surface area contributed by atoms with Gasteiger partial charge in [-0.1, -0.05) is 18.2 Å². The summed E-state index contributed by atoms with van der Waals surface area (Å²) in [4.78, 5) is 2.51. The van der Waals surface area contributed by atoms with Crippen molar-refractivity contribution in [3.8, 4) is 0 Å². The van der Waals surface area contributed by atoms with Gasteiger partial charge in [-0.25, -0.2) is 0 Å². The Morgan fingerprint density at radius 3 is 2.88 bits per heavy atom. The van der Waals surface area contributed by atoms with Crippen molar-refractivity contribution in [1.29, 1.82) is 0 Å². The van der Waals surface area contributed by atoms with Crippen LogP contribution < -0.4 is 5.32 Å². The zero-order valence-corrected chi connectivity index (χ0v) is 10.1. The maximum Gasteiger partial charge on any atom is 0.138 e. The fourth-order valence-corrected chi connectivity index (χ4v) is 2.61. The highest BCUT2D eigenvalue weighted by Crippen LogP contribution is 2.28. The van der Waals surface area contributed by atoms with Crippen LogP contribution in [0, 0.1) is 0 Å². The van der Waals surface area contributed by atoms with Gasteiger partial charge in [-0.05, 0) is 13.0 Å². The minimum Gasteiger partial charge on any atom is -0.464 e. The molecular weight excluding hydrogens is 212 g/mol.